The van der Waals surface area contributed by atoms with Gasteiger partial charge in [-0.05, 0) is 44.3 Å². The molecule has 22 heavy (non-hydrogen) atoms. The first-order chi connectivity index (χ1) is 9.81. The Balaban J connectivity index is 4.95. The third-order valence-electron chi connectivity index (χ3n) is 4.98. The second-order valence-electron chi connectivity index (χ2n) is 8.34. The maximum absolute atomic E-state index is 10.3. The van der Waals surface area contributed by atoms with Gasteiger partial charge in [0.15, 0.2) is 8.32 Å². The molecule has 0 saturated heterocycles. The lowest BCUT2D eigenvalue weighted by Crippen LogP contribution is -2.45. The van der Waals surface area contributed by atoms with Crippen LogP contribution < -0.4 is 0 Å². The van der Waals surface area contributed by atoms with Crippen LogP contribution >= 0.6 is 0 Å². The lowest BCUT2D eigenvalue weighted by molar-refractivity contribution is 0.0329. The van der Waals surface area contributed by atoms with Crippen molar-refractivity contribution in [2.75, 3.05) is 0 Å². The minimum atomic E-state index is -1.89. The predicted molar refractivity (Wildman–Crippen MR) is 97.6 cm³/mol. The fraction of sp³-hybridized carbons (Fsp3) is 0.889. The quantitative estimate of drug-likeness (QED) is 0.509. The van der Waals surface area contributed by atoms with Gasteiger partial charge in [-0.25, -0.2) is 0 Å². The van der Waals surface area contributed by atoms with Gasteiger partial charge in [0.1, 0.15) is 0 Å². The lowest BCUT2D eigenvalue weighted by Gasteiger charge is -2.40. The summed E-state index contributed by atoms with van der Waals surface area (Å²) in [6.45, 7) is 19.1. The Kier molecular flexibility index (Phi) is 8.56. The molecule has 0 aromatic rings. The van der Waals surface area contributed by atoms with Gasteiger partial charge in [-0.3, -0.25) is 0 Å². The zero-order valence-corrected chi connectivity index (χ0v) is 17.1. The molecule has 0 radical (unpaired) electrons. The highest BCUT2D eigenvalue weighted by Gasteiger charge is 2.39. The van der Waals surface area contributed by atoms with Gasteiger partial charge in [-0.1, -0.05) is 46.3 Å². The van der Waals surface area contributed by atoms with Crippen molar-refractivity contribution in [1.29, 1.82) is 0 Å². The predicted octanol–water partition coefficient (Wildman–Crippen LogP) is 4.50. The van der Waals surface area contributed by atoms with E-state index in [1.165, 1.54) is 0 Å². The van der Waals surface area contributed by atoms with Gasteiger partial charge in [-0.15, -0.1) is 0 Å². The van der Waals surface area contributed by atoms with Crippen molar-refractivity contribution in [1.82, 2.24) is 0 Å². The number of aliphatic hydroxyl groups excluding tert-OH is 2. The molecular formula is C18H38O3Si. The normalized spacial score (nSPS) is 18.5. The zero-order chi connectivity index (χ0) is 17.7. The average Bonchev–Trinajstić information content (AvgIpc) is 2.34. The Bertz CT molecular complexity index is 356. The second kappa shape index (κ2) is 8.62. The number of aliphatic hydroxyl groups is 2. The molecule has 132 valence electrons. The van der Waals surface area contributed by atoms with E-state index in [9.17, 15) is 10.2 Å². The number of hydrogen-bond acceptors (Lipinski definition) is 3. The SMILES string of the molecule is C/C=C(\C)[C@H](C[C@H](O)C[C@H](O)C(C)C)O[Si](C)(C)C(C)(C)C. The van der Waals surface area contributed by atoms with Crippen LogP contribution in [0.15, 0.2) is 11.6 Å². The Morgan fingerprint density at radius 3 is 2.00 bits per heavy atom. The Morgan fingerprint density at radius 1 is 1.14 bits per heavy atom. The van der Waals surface area contributed by atoms with Gasteiger partial charge in [0.25, 0.3) is 0 Å². The van der Waals surface area contributed by atoms with Crippen molar-refractivity contribution in [3.05, 3.63) is 11.6 Å². The van der Waals surface area contributed by atoms with Crippen LogP contribution in [0.1, 0.15) is 61.3 Å². The first kappa shape index (κ1) is 21.8. The van der Waals surface area contributed by atoms with E-state index in [-0.39, 0.29) is 17.1 Å². The Morgan fingerprint density at radius 2 is 1.64 bits per heavy atom. The molecule has 4 heteroatoms. The fourth-order valence-electron chi connectivity index (χ4n) is 1.94. The Labute approximate surface area is 138 Å². The largest absolute Gasteiger partial charge is 0.410 e. The molecule has 0 spiro atoms. The van der Waals surface area contributed by atoms with Crippen LogP contribution in [0.2, 0.25) is 18.1 Å². The number of hydrogen-bond donors (Lipinski definition) is 2. The molecule has 0 saturated carbocycles. The van der Waals surface area contributed by atoms with E-state index in [2.05, 4.69) is 46.9 Å². The van der Waals surface area contributed by atoms with E-state index < -0.39 is 20.5 Å². The van der Waals surface area contributed by atoms with Crippen LogP contribution in [0.3, 0.4) is 0 Å². The molecule has 0 bridgehead atoms. The van der Waals surface area contributed by atoms with Crippen LogP contribution in [-0.2, 0) is 4.43 Å². The summed E-state index contributed by atoms with van der Waals surface area (Å²) in [5.41, 5.74) is 1.16. The van der Waals surface area contributed by atoms with Crippen molar-refractivity contribution in [2.45, 2.75) is 97.8 Å². The maximum Gasteiger partial charge on any atom is 0.192 e. The molecule has 0 fully saturated rings. The van der Waals surface area contributed by atoms with Crippen LogP contribution in [-0.4, -0.2) is 36.8 Å². The van der Waals surface area contributed by atoms with E-state index in [0.717, 1.165) is 5.57 Å². The van der Waals surface area contributed by atoms with Crippen molar-refractivity contribution in [2.24, 2.45) is 5.92 Å². The van der Waals surface area contributed by atoms with Crippen LogP contribution in [0.25, 0.3) is 0 Å². The summed E-state index contributed by atoms with van der Waals surface area (Å²) in [6.07, 6.45) is 1.94. The third-order valence-corrected chi connectivity index (χ3v) is 9.46. The summed E-state index contributed by atoms with van der Waals surface area (Å²) in [4.78, 5) is 0. The summed E-state index contributed by atoms with van der Waals surface area (Å²) >= 11 is 0. The van der Waals surface area contributed by atoms with E-state index in [1.807, 2.05) is 20.8 Å². The molecule has 0 aromatic heterocycles. The smallest absolute Gasteiger partial charge is 0.192 e. The molecule has 0 aromatic carbocycles. The Hall–Kier alpha value is -0.163. The molecule has 3 atom stereocenters. The highest BCUT2D eigenvalue weighted by molar-refractivity contribution is 6.74. The summed E-state index contributed by atoms with van der Waals surface area (Å²) in [5.74, 6) is 0.164. The van der Waals surface area contributed by atoms with E-state index >= 15 is 0 Å². The van der Waals surface area contributed by atoms with Gasteiger partial charge >= 0.3 is 0 Å². The van der Waals surface area contributed by atoms with Gasteiger partial charge in [-0.2, -0.15) is 0 Å². The minimum Gasteiger partial charge on any atom is -0.410 e. The molecule has 3 nitrogen and oxygen atoms in total. The molecule has 0 heterocycles. The summed E-state index contributed by atoms with van der Waals surface area (Å²) in [6, 6.07) is 0. The van der Waals surface area contributed by atoms with Gasteiger partial charge in [0.2, 0.25) is 0 Å². The van der Waals surface area contributed by atoms with Gasteiger partial charge in [0, 0.05) is 6.42 Å². The topological polar surface area (TPSA) is 49.7 Å². The van der Waals surface area contributed by atoms with E-state index in [1.54, 1.807) is 0 Å². The van der Waals surface area contributed by atoms with E-state index in [4.69, 9.17) is 4.43 Å². The monoisotopic (exact) mass is 330 g/mol. The molecule has 0 unspecified atom stereocenters. The highest BCUT2D eigenvalue weighted by atomic mass is 28.4. The van der Waals surface area contributed by atoms with E-state index in [0.29, 0.717) is 12.8 Å². The minimum absolute atomic E-state index is 0.0692. The number of rotatable bonds is 8. The molecule has 0 rings (SSSR count). The third kappa shape index (κ3) is 6.94. The first-order valence-electron chi connectivity index (χ1n) is 8.48. The summed E-state index contributed by atoms with van der Waals surface area (Å²) < 4.78 is 6.50. The molecule has 0 aliphatic heterocycles. The highest BCUT2D eigenvalue weighted by Crippen LogP contribution is 2.38. The maximum atomic E-state index is 10.3. The van der Waals surface area contributed by atoms with Crippen LogP contribution in [0, 0.1) is 5.92 Å². The van der Waals surface area contributed by atoms with Crippen LogP contribution in [0.5, 0.6) is 0 Å². The zero-order valence-electron chi connectivity index (χ0n) is 16.1. The van der Waals surface area contributed by atoms with Crippen molar-refractivity contribution in [3.8, 4) is 0 Å². The molecule has 0 aliphatic rings. The number of allylic oxidation sites excluding steroid dienone is 1. The summed E-state index contributed by atoms with van der Waals surface area (Å²) in [7, 11) is -1.89. The average molecular weight is 331 g/mol. The lowest BCUT2D eigenvalue weighted by atomic mass is 9.96. The second-order valence-corrected chi connectivity index (χ2v) is 13.1. The first-order valence-corrected chi connectivity index (χ1v) is 11.4. The molecule has 2 N–H and O–H groups in total. The van der Waals surface area contributed by atoms with Crippen LogP contribution in [0.4, 0.5) is 0 Å². The van der Waals surface area contributed by atoms with Gasteiger partial charge in [0.05, 0.1) is 18.3 Å². The van der Waals surface area contributed by atoms with Crippen molar-refractivity contribution in [3.63, 3.8) is 0 Å². The molecule has 0 aliphatic carbocycles. The molecule has 0 amide bonds. The standard InChI is InChI=1S/C18H38O3Si/c1-10-14(4)17(21-22(8,9)18(5,6)7)12-15(19)11-16(20)13(2)3/h10,13,15-17,19-20H,11-12H2,1-9H3/b14-10+/t15-,16+,17+/m1/s1. The van der Waals surface area contributed by atoms with Gasteiger partial charge < -0.3 is 14.6 Å². The fourth-order valence-corrected chi connectivity index (χ4v) is 3.29. The molecular weight excluding hydrogens is 292 g/mol. The van der Waals surface area contributed by atoms with Crippen molar-refractivity contribution >= 4 is 8.32 Å². The van der Waals surface area contributed by atoms with Crippen molar-refractivity contribution < 1.29 is 14.6 Å². The summed E-state index contributed by atoms with van der Waals surface area (Å²) in [5, 5.41) is 20.4.